The van der Waals surface area contributed by atoms with E-state index in [4.69, 9.17) is 9.47 Å². The lowest BCUT2D eigenvalue weighted by molar-refractivity contribution is 0.284. The minimum absolute atomic E-state index is 0.210. The number of aryl methyl sites for hydroxylation is 2. The zero-order valence-corrected chi connectivity index (χ0v) is 17.9. The fourth-order valence-corrected chi connectivity index (χ4v) is 3.96. The van der Waals surface area contributed by atoms with Gasteiger partial charge in [0.05, 0.1) is 18.2 Å². The molecule has 0 unspecified atom stereocenters. The van der Waals surface area contributed by atoms with Gasteiger partial charge in [0, 0.05) is 0 Å². The summed E-state index contributed by atoms with van der Waals surface area (Å²) in [6, 6.07) is 20.4. The Morgan fingerprint density at radius 3 is 2.47 bits per heavy atom. The van der Waals surface area contributed by atoms with Gasteiger partial charge in [0.25, 0.3) is 10.0 Å². The van der Waals surface area contributed by atoms with E-state index in [0.717, 1.165) is 11.1 Å². The Morgan fingerprint density at radius 2 is 1.73 bits per heavy atom. The molecule has 0 atom stereocenters. The van der Waals surface area contributed by atoms with Crippen molar-refractivity contribution in [2.75, 3.05) is 7.11 Å². The second kappa shape index (κ2) is 9.45. The highest BCUT2D eigenvalue weighted by atomic mass is 32.2. The van der Waals surface area contributed by atoms with Gasteiger partial charge in [-0.1, -0.05) is 42.5 Å². The van der Waals surface area contributed by atoms with Crippen LogP contribution in [0.1, 0.15) is 22.3 Å². The second-order valence-electron chi connectivity index (χ2n) is 6.81. The van der Waals surface area contributed by atoms with Crippen LogP contribution in [0.4, 0.5) is 0 Å². The monoisotopic (exact) mass is 424 g/mol. The van der Waals surface area contributed by atoms with E-state index in [-0.39, 0.29) is 4.90 Å². The van der Waals surface area contributed by atoms with Gasteiger partial charge in [-0.15, -0.1) is 0 Å². The minimum Gasteiger partial charge on any atom is -0.493 e. The van der Waals surface area contributed by atoms with Crippen molar-refractivity contribution in [2.24, 2.45) is 5.10 Å². The van der Waals surface area contributed by atoms with Crippen LogP contribution in [0.5, 0.6) is 11.5 Å². The smallest absolute Gasteiger partial charge is 0.276 e. The van der Waals surface area contributed by atoms with Gasteiger partial charge < -0.3 is 9.47 Å². The number of nitrogens with one attached hydrogen (secondary N) is 1. The average molecular weight is 425 g/mol. The molecule has 7 heteroatoms. The fourth-order valence-electron chi connectivity index (χ4n) is 2.84. The van der Waals surface area contributed by atoms with Crippen LogP contribution in [-0.4, -0.2) is 21.7 Å². The number of ether oxygens (including phenoxy) is 2. The van der Waals surface area contributed by atoms with Crippen molar-refractivity contribution in [2.45, 2.75) is 25.3 Å². The number of sulfonamides is 1. The van der Waals surface area contributed by atoms with Crippen molar-refractivity contribution in [1.29, 1.82) is 0 Å². The Bertz CT molecular complexity index is 1140. The van der Waals surface area contributed by atoms with Gasteiger partial charge in [0.2, 0.25) is 0 Å². The molecule has 0 aliphatic carbocycles. The summed E-state index contributed by atoms with van der Waals surface area (Å²) in [6.45, 7) is 4.01. The molecule has 3 aromatic carbocycles. The zero-order chi connectivity index (χ0) is 21.6. The van der Waals surface area contributed by atoms with E-state index in [1.54, 1.807) is 44.4 Å². The summed E-state index contributed by atoms with van der Waals surface area (Å²) in [4.78, 5) is 2.47. The third kappa shape index (κ3) is 5.39. The van der Waals surface area contributed by atoms with Crippen LogP contribution in [0.3, 0.4) is 0 Å². The maximum Gasteiger partial charge on any atom is 0.276 e. The number of rotatable bonds is 8. The quantitative estimate of drug-likeness (QED) is 0.434. The van der Waals surface area contributed by atoms with Gasteiger partial charge >= 0.3 is 0 Å². The lowest BCUT2D eigenvalue weighted by Crippen LogP contribution is -2.19. The van der Waals surface area contributed by atoms with Crippen molar-refractivity contribution >= 4 is 16.2 Å². The molecule has 0 radical (unpaired) electrons. The van der Waals surface area contributed by atoms with Gasteiger partial charge in [0.1, 0.15) is 6.61 Å². The van der Waals surface area contributed by atoms with Crippen LogP contribution in [0.25, 0.3) is 0 Å². The third-order valence-corrected chi connectivity index (χ3v) is 5.81. The van der Waals surface area contributed by atoms with Crippen LogP contribution in [0.15, 0.2) is 76.7 Å². The first-order chi connectivity index (χ1) is 14.4. The summed E-state index contributed by atoms with van der Waals surface area (Å²) in [6.07, 6.45) is 1.42. The van der Waals surface area contributed by atoms with E-state index in [9.17, 15) is 8.42 Å². The van der Waals surface area contributed by atoms with E-state index in [1.807, 2.05) is 43.3 Å². The summed E-state index contributed by atoms with van der Waals surface area (Å²) in [5.41, 5.74) is 3.24. The first-order valence-corrected chi connectivity index (χ1v) is 10.8. The summed E-state index contributed by atoms with van der Waals surface area (Å²) in [5, 5.41) is 3.90. The standard InChI is InChI=1S/C23H24N2O4S/c1-17-9-10-18(2)23(13-17)30(26,27)25-24-15-20-11-12-21(22(14-20)28-3)29-16-19-7-5-4-6-8-19/h4-15,25H,16H2,1-3H3. The van der Waals surface area contributed by atoms with Gasteiger partial charge in [-0.3, -0.25) is 0 Å². The third-order valence-electron chi connectivity index (χ3n) is 4.44. The van der Waals surface area contributed by atoms with Crippen molar-refractivity contribution in [3.05, 3.63) is 89.0 Å². The number of hydrogen-bond donors (Lipinski definition) is 1. The van der Waals surface area contributed by atoms with Gasteiger partial charge in [-0.25, -0.2) is 4.83 Å². The number of benzene rings is 3. The van der Waals surface area contributed by atoms with E-state index in [1.165, 1.54) is 6.21 Å². The van der Waals surface area contributed by atoms with E-state index in [2.05, 4.69) is 9.93 Å². The molecule has 0 saturated heterocycles. The Hall–Kier alpha value is -3.32. The highest BCUT2D eigenvalue weighted by Crippen LogP contribution is 2.28. The molecular formula is C23H24N2O4S. The van der Waals surface area contributed by atoms with E-state index in [0.29, 0.717) is 29.2 Å². The topological polar surface area (TPSA) is 77.0 Å². The molecule has 0 fully saturated rings. The molecule has 0 amide bonds. The predicted octanol–water partition coefficient (Wildman–Crippen LogP) is 4.20. The molecule has 0 aliphatic rings. The van der Waals surface area contributed by atoms with Crippen molar-refractivity contribution < 1.29 is 17.9 Å². The van der Waals surface area contributed by atoms with Crippen LogP contribution in [0.2, 0.25) is 0 Å². The molecule has 0 heterocycles. The summed E-state index contributed by atoms with van der Waals surface area (Å²) >= 11 is 0. The Morgan fingerprint density at radius 1 is 0.967 bits per heavy atom. The Kier molecular flexibility index (Phi) is 6.74. The molecule has 156 valence electrons. The molecule has 0 saturated carbocycles. The van der Waals surface area contributed by atoms with Crippen molar-refractivity contribution in [3.8, 4) is 11.5 Å². The van der Waals surface area contributed by atoms with Crippen LogP contribution in [0, 0.1) is 13.8 Å². The molecule has 0 spiro atoms. The molecule has 6 nitrogen and oxygen atoms in total. The maximum atomic E-state index is 12.5. The molecule has 3 rings (SSSR count). The molecule has 0 bridgehead atoms. The highest BCUT2D eigenvalue weighted by molar-refractivity contribution is 7.89. The number of methoxy groups -OCH3 is 1. The fraction of sp³-hybridized carbons (Fsp3) is 0.174. The van der Waals surface area contributed by atoms with E-state index < -0.39 is 10.0 Å². The summed E-state index contributed by atoms with van der Waals surface area (Å²) in [5.74, 6) is 1.13. The van der Waals surface area contributed by atoms with Crippen LogP contribution in [-0.2, 0) is 16.6 Å². The Labute approximate surface area is 177 Å². The minimum atomic E-state index is -3.75. The van der Waals surface area contributed by atoms with Crippen LogP contribution < -0.4 is 14.3 Å². The molecule has 3 aromatic rings. The van der Waals surface area contributed by atoms with Gasteiger partial charge in [0.15, 0.2) is 11.5 Å². The molecule has 30 heavy (non-hydrogen) atoms. The largest absolute Gasteiger partial charge is 0.493 e. The zero-order valence-electron chi connectivity index (χ0n) is 17.1. The highest BCUT2D eigenvalue weighted by Gasteiger charge is 2.15. The molecule has 0 aliphatic heterocycles. The van der Waals surface area contributed by atoms with E-state index >= 15 is 0 Å². The lowest BCUT2D eigenvalue weighted by Gasteiger charge is -2.11. The molecule has 0 aromatic heterocycles. The average Bonchev–Trinajstić information content (AvgIpc) is 2.75. The number of hydrogen-bond acceptors (Lipinski definition) is 5. The van der Waals surface area contributed by atoms with Gasteiger partial charge in [-0.2, -0.15) is 13.5 Å². The molecular weight excluding hydrogens is 400 g/mol. The first kappa shape index (κ1) is 21.4. The van der Waals surface area contributed by atoms with Crippen molar-refractivity contribution in [1.82, 2.24) is 4.83 Å². The predicted molar refractivity (Wildman–Crippen MR) is 118 cm³/mol. The lowest BCUT2D eigenvalue weighted by atomic mass is 10.2. The normalized spacial score (nSPS) is 11.4. The second-order valence-corrected chi connectivity index (χ2v) is 8.44. The van der Waals surface area contributed by atoms with Crippen molar-refractivity contribution in [3.63, 3.8) is 0 Å². The number of nitrogens with zero attached hydrogens (tertiary/aromatic N) is 1. The van der Waals surface area contributed by atoms with Gasteiger partial charge in [-0.05, 0) is 60.4 Å². The number of hydrazone groups is 1. The summed E-state index contributed by atoms with van der Waals surface area (Å²) < 4.78 is 36.3. The molecule has 1 N–H and O–H groups in total. The Balaban J connectivity index is 1.70. The first-order valence-electron chi connectivity index (χ1n) is 9.36. The SMILES string of the molecule is COc1cc(C=NNS(=O)(=O)c2cc(C)ccc2C)ccc1OCc1ccccc1. The van der Waals surface area contributed by atoms with Crippen LogP contribution >= 0.6 is 0 Å². The summed E-state index contributed by atoms with van der Waals surface area (Å²) in [7, 11) is -2.20. The maximum absolute atomic E-state index is 12.5.